The highest BCUT2D eigenvalue weighted by Gasteiger charge is 2.03. The smallest absolute Gasteiger partial charge is 0.140 e. The van der Waals surface area contributed by atoms with Crippen LogP contribution in [0.5, 0.6) is 0 Å². The first-order chi connectivity index (χ1) is 12.2. The zero-order valence-electron chi connectivity index (χ0n) is 14.6. The topological polar surface area (TPSA) is 47.9 Å². The summed E-state index contributed by atoms with van der Waals surface area (Å²) in [4.78, 5) is 0.939. The van der Waals surface area contributed by atoms with Crippen LogP contribution in [0.25, 0.3) is 0 Å². The molecule has 2 aromatic carbocycles. The zero-order chi connectivity index (χ0) is 17.5. The van der Waals surface area contributed by atoms with Crippen molar-refractivity contribution >= 4 is 59.3 Å². The Morgan fingerprint density at radius 2 is 1.74 bits per heavy atom. The minimum absolute atomic E-state index is 0. The highest BCUT2D eigenvalue weighted by atomic mass is 35.5. The molecule has 7 heteroatoms. The van der Waals surface area contributed by atoms with Crippen LogP contribution in [0.15, 0.2) is 66.0 Å². The third-order valence-corrected chi connectivity index (χ3v) is 4.92. The molecule has 0 saturated carbocycles. The summed E-state index contributed by atoms with van der Waals surface area (Å²) in [6.07, 6.45) is 0.962. The maximum atomic E-state index is 8.05. The molecule has 144 valence electrons. The van der Waals surface area contributed by atoms with Gasteiger partial charge in [0.2, 0.25) is 0 Å². The fourth-order valence-corrected chi connectivity index (χ4v) is 3.34. The first-order valence-electron chi connectivity index (χ1n) is 8.14. The predicted octanol–water partition coefficient (Wildman–Crippen LogP) is 6.01. The van der Waals surface area contributed by atoms with Gasteiger partial charge in [0.05, 0.1) is 4.88 Å². The lowest BCUT2D eigenvalue weighted by molar-refractivity contribution is 0.687. The summed E-state index contributed by atoms with van der Waals surface area (Å²) in [7, 11) is 0. The molecule has 0 amide bonds. The number of hydrogen-bond donors (Lipinski definition) is 3. The molecular formula is C20H22Cl3N3S. The van der Waals surface area contributed by atoms with Gasteiger partial charge in [-0.25, -0.2) is 0 Å². The molecule has 0 aliphatic carbocycles. The molecule has 0 atom stereocenters. The largest absolute Gasteiger partial charge is 0.340 e. The molecule has 1 aromatic heterocycles. The lowest BCUT2D eigenvalue weighted by Gasteiger charge is -2.08. The number of benzene rings is 2. The van der Waals surface area contributed by atoms with Crippen molar-refractivity contribution in [2.45, 2.75) is 13.0 Å². The van der Waals surface area contributed by atoms with Gasteiger partial charge in [0.15, 0.2) is 0 Å². The molecule has 3 aromatic rings. The molecule has 3 nitrogen and oxygen atoms in total. The SMILES string of the molecule is Cl.Cl.N=C(Nc1ccc(CCNCc2cccc(Cl)c2)cc1)c1cccs1. The van der Waals surface area contributed by atoms with Gasteiger partial charge in [-0.3, -0.25) is 5.41 Å². The lowest BCUT2D eigenvalue weighted by atomic mass is 10.1. The molecule has 0 spiro atoms. The summed E-state index contributed by atoms with van der Waals surface area (Å²) >= 11 is 7.55. The summed E-state index contributed by atoms with van der Waals surface area (Å²) < 4.78 is 0. The van der Waals surface area contributed by atoms with Crippen molar-refractivity contribution in [2.24, 2.45) is 0 Å². The normalized spacial score (nSPS) is 9.81. The van der Waals surface area contributed by atoms with E-state index in [9.17, 15) is 0 Å². The van der Waals surface area contributed by atoms with Gasteiger partial charge in [-0.15, -0.1) is 36.2 Å². The van der Waals surface area contributed by atoms with Gasteiger partial charge < -0.3 is 10.6 Å². The van der Waals surface area contributed by atoms with Crippen LogP contribution in [0, 0.1) is 5.41 Å². The average molecular weight is 443 g/mol. The molecule has 0 aliphatic heterocycles. The monoisotopic (exact) mass is 441 g/mol. The molecular weight excluding hydrogens is 421 g/mol. The Kier molecular flexibility index (Phi) is 10.4. The maximum absolute atomic E-state index is 8.05. The van der Waals surface area contributed by atoms with E-state index in [1.807, 2.05) is 47.8 Å². The van der Waals surface area contributed by atoms with E-state index in [2.05, 4.69) is 28.8 Å². The van der Waals surface area contributed by atoms with E-state index >= 15 is 0 Å². The Morgan fingerprint density at radius 3 is 2.41 bits per heavy atom. The van der Waals surface area contributed by atoms with Crippen LogP contribution in [0.2, 0.25) is 5.02 Å². The fourth-order valence-electron chi connectivity index (χ4n) is 2.49. The molecule has 0 aliphatic rings. The van der Waals surface area contributed by atoms with Crippen molar-refractivity contribution in [3.05, 3.63) is 87.1 Å². The van der Waals surface area contributed by atoms with E-state index < -0.39 is 0 Å². The molecule has 0 bridgehead atoms. The summed E-state index contributed by atoms with van der Waals surface area (Å²) in [5.41, 5.74) is 3.40. The van der Waals surface area contributed by atoms with Gasteiger partial charge in [0, 0.05) is 17.3 Å². The Labute approximate surface area is 181 Å². The van der Waals surface area contributed by atoms with E-state index in [0.29, 0.717) is 5.84 Å². The zero-order valence-corrected chi connectivity index (χ0v) is 17.8. The van der Waals surface area contributed by atoms with Crippen LogP contribution in [-0.4, -0.2) is 12.4 Å². The van der Waals surface area contributed by atoms with Crippen LogP contribution in [-0.2, 0) is 13.0 Å². The number of hydrogen-bond acceptors (Lipinski definition) is 3. The lowest BCUT2D eigenvalue weighted by Crippen LogP contribution is -2.16. The summed E-state index contributed by atoms with van der Waals surface area (Å²) in [6.45, 7) is 1.72. The minimum atomic E-state index is 0. The third kappa shape index (κ3) is 7.53. The number of amidine groups is 1. The van der Waals surface area contributed by atoms with E-state index in [-0.39, 0.29) is 24.8 Å². The quantitative estimate of drug-likeness (QED) is 0.238. The molecule has 3 N–H and O–H groups in total. The van der Waals surface area contributed by atoms with Crippen LogP contribution in [0.1, 0.15) is 16.0 Å². The second-order valence-corrected chi connectivity index (χ2v) is 7.12. The molecule has 3 rings (SSSR count). The van der Waals surface area contributed by atoms with Crippen LogP contribution >= 0.6 is 47.8 Å². The molecule has 27 heavy (non-hydrogen) atoms. The number of halogens is 3. The minimum Gasteiger partial charge on any atom is -0.340 e. The second kappa shape index (κ2) is 12.0. The number of rotatable bonds is 7. The first-order valence-corrected chi connectivity index (χ1v) is 9.40. The Hall–Kier alpha value is -1.56. The molecule has 0 fully saturated rings. The Bertz CT molecular complexity index is 821. The number of thiophene rings is 1. The van der Waals surface area contributed by atoms with Crippen molar-refractivity contribution < 1.29 is 0 Å². The third-order valence-electron chi connectivity index (χ3n) is 3.80. The van der Waals surface area contributed by atoms with E-state index in [1.165, 1.54) is 11.1 Å². The van der Waals surface area contributed by atoms with Gasteiger partial charge in [0.25, 0.3) is 0 Å². The van der Waals surface area contributed by atoms with Crippen LogP contribution < -0.4 is 10.6 Å². The van der Waals surface area contributed by atoms with Crippen molar-refractivity contribution in [3.63, 3.8) is 0 Å². The molecule has 1 heterocycles. The number of anilines is 1. The van der Waals surface area contributed by atoms with E-state index in [1.54, 1.807) is 11.3 Å². The highest BCUT2D eigenvalue weighted by molar-refractivity contribution is 7.12. The molecule has 0 unspecified atom stereocenters. The Morgan fingerprint density at radius 1 is 0.963 bits per heavy atom. The van der Waals surface area contributed by atoms with Crippen molar-refractivity contribution in [1.82, 2.24) is 5.32 Å². The highest BCUT2D eigenvalue weighted by Crippen LogP contribution is 2.14. The Balaban J connectivity index is 0.00000182. The van der Waals surface area contributed by atoms with Crippen molar-refractivity contribution in [2.75, 3.05) is 11.9 Å². The maximum Gasteiger partial charge on any atom is 0.140 e. The van der Waals surface area contributed by atoms with Gasteiger partial charge >= 0.3 is 0 Å². The van der Waals surface area contributed by atoms with E-state index in [0.717, 1.165) is 35.1 Å². The van der Waals surface area contributed by atoms with E-state index in [4.69, 9.17) is 17.0 Å². The van der Waals surface area contributed by atoms with Crippen molar-refractivity contribution in [3.8, 4) is 0 Å². The second-order valence-electron chi connectivity index (χ2n) is 5.73. The number of nitrogens with one attached hydrogen (secondary N) is 3. The first kappa shape index (κ1) is 23.5. The van der Waals surface area contributed by atoms with Crippen LogP contribution in [0.3, 0.4) is 0 Å². The van der Waals surface area contributed by atoms with Crippen molar-refractivity contribution in [1.29, 1.82) is 5.41 Å². The summed E-state index contributed by atoms with van der Waals surface area (Å²) in [5.74, 6) is 0.436. The standard InChI is InChI=1S/C20H20ClN3S.2ClH/c21-17-4-1-3-16(13-17)14-23-11-10-15-6-8-18(9-7-15)24-20(22)19-5-2-12-25-19;;/h1-9,12-13,23H,10-11,14H2,(H2,22,24);2*1H. The average Bonchev–Trinajstić information content (AvgIpc) is 3.15. The summed E-state index contributed by atoms with van der Waals surface area (Å²) in [6, 6.07) is 20.1. The van der Waals surface area contributed by atoms with Gasteiger partial charge in [0.1, 0.15) is 5.84 Å². The predicted molar refractivity (Wildman–Crippen MR) is 123 cm³/mol. The molecule has 0 radical (unpaired) electrons. The summed E-state index contributed by atoms with van der Waals surface area (Å²) in [5, 5.41) is 17.4. The van der Waals surface area contributed by atoms with Gasteiger partial charge in [-0.05, 0) is 59.8 Å². The fraction of sp³-hybridized carbons (Fsp3) is 0.150. The van der Waals surface area contributed by atoms with Gasteiger partial charge in [-0.1, -0.05) is 41.9 Å². The van der Waals surface area contributed by atoms with Crippen LogP contribution in [0.4, 0.5) is 5.69 Å². The van der Waals surface area contributed by atoms with Gasteiger partial charge in [-0.2, -0.15) is 0 Å². The molecule has 0 saturated heterocycles.